The van der Waals surface area contributed by atoms with Gasteiger partial charge in [-0.3, -0.25) is 0 Å². The van der Waals surface area contributed by atoms with E-state index in [0.29, 0.717) is 0 Å². The van der Waals surface area contributed by atoms with E-state index in [4.69, 9.17) is 9.47 Å². The Labute approximate surface area is 122 Å². The lowest BCUT2D eigenvalue weighted by Crippen LogP contribution is -2.36. The number of para-hydroxylation sites is 1. The van der Waals surface area contributed by atoms with Gasteiger partial charge >= 0.3 is 0 Å². The Hall–Kier alpha value is -1.06. The summed E-state index contributed by atoms with van der Waals surface area (Å²) in [5.41, 5.74) is 1.22. The maximum atomic E-state index is 5.99. The fraction of sp³-hybridized carbons (Fsp3) is 0.647. The Balaban J connectivity index is 2.23. The zero-order valence-corrected chi connectivity index (χ0v) is 12.9. The molecule has 0 radical (unpaired) electrons. The Morgan fingerprint density at radius 1 is 1.30 bits per heavy atom. The van der Waals surface area contributed by atoms with E-state index in [2.05, 4.69) is 44.3 Å². The summed E-state index contributed by atoms with van der Waals surface area (Å²) in [5.74, 6) is 0.975. The Bertz CT molecular complexity index is 400. The van der Waals surface area contributed by atoms with E-state index in [0.717, 1.165) is 25.3 Å². The van der Waals surface area contributed by atoms with Crippen LogP contribution in [0, 0.1) is 0 Å². The molecule has 112 valence electrons. The third kappa shape index (κ3) is 3.97. The summed E-state index contributed by atoms with van der Waals surface area (Å²) in [7, 11) is 0. The molecule has 2 rings (SSSR count). The second-order valence-corrected chi connectivity index (χ2v) is 5.64. The molecule has 0 aliphatic carbocycles. The highest BCUT2D eigenvalue weighted by molar-refractivity contribution is 5.37. The van der Waals surface area contributed by atoms with Gasteiger partial charge in [-0.2, -0.15) is 0 Å². The minimum atomic E-state index is 0.186. The van der Waals surface area contributed by atoms with Gasteiger partial charge in [0, 0.05) is 12.2 Å². The topological polar surface area (TPSA) is 30.5 Å². The van der Waals surface area contributed by atoms with Crippen molar-refractivity contribution in [1.82, 2.24) is 5.32 Å². The number of likely N-dealkylation sites (N-methyl/N-ethyl adjacent to an activating group) is 1. The summed E-state index contributed by atoms with van der Waals surface area (Å²) in [6, 6.07) is 8.54. The molecule has 0 aromatic heterocycles. The summed E-state index contributed by atoms with van der Waals surface area (Å²) < 4.78 is 12.0. The zero-order chi connectivity index (χ0) is 14.4. The molecular formula is C17H27NO2. The number of ether oxygens (including phenoxy) is 2. The van der Waals surface area contributed by atoms with Crippen LogP contribution in [0.1, 0.15) is 51.6 Å². The first-order valence-electron chi connectivity index (χ1n) is 7.83. The minimum Gasteiger partial charge on any atom is -0.491 e. The van der Waals surface area contributed by atoms with Gasteiger partial charge in [-0.25, -0.2) is 0 Å². The average Bonchev–Trinajstić information content (AvgIpc) is 2.46. The monoisotopic (exact) mass is 277 g/mol. The number of hydrogen-bond donors (Lipinski definition) is 1. The first kappa shape index (κ1) is 15.3. The SMILES string of the molecule is CCNC(c1ccccc1OC(C)C)C1CCCCO1. The summed E-state index contributed by atoms with van der Waals surface area (Å²) in [6.45, 7) is 8.08. The molecule has 1 aromatic carbocycles. The number of benzene rings is 1. The lowest BCUT2D eigenvalue weighted by atomic mass is 9.95. The summed E-state index contributed by atoms with van der Waals surface area (Å²) in [5, 5.41) is 3.58. The third-order valence-electron chi connectivity index (χ3n) is 3.63. The summed E-state index contributed by atoms with van der Waals surface area (Å²) in [6.07, 6.45) is 3.98. The van der Waals surface area contributed by atoms with Crippen molar-refractivity contribution in [2.45, 2.75) is 58.3 Å². The molecule has 3 nitrogen and oxygen atoms in total. The van der Waals surface area contributed by atoms with Gasteiger partial charge in [-0.05, 0) is 45.7 Å². The Morgan fingerprint density at radius 3 is 2.75 bits per heavy atom. The fourth-order valence-electron chi connectivity index (χ4n) is 2.79. The number of hydrogen-bond acceptors (Lipinski definition) is 3. The van der Waals surface area contributed by atoms with E-state index in [1.165, 1.54) is 18.4 Å². The van der Waals surface area contributed by atoms with Gasteiger partial charge in [0.15, 0.2) is 0 Å². The van der Waals surface area contributed by atoms with E-state index >= 15 is 0 Å². The highest BCUT2D eigenvalue weighted by Gasteiger charge is 2.27. The Morgan fingerprint density at radius 2 is 2.10 bits per heavy atom. The van der Waals surface area contributed by atoms with Crippen molar-refractivity contribution in [3.8, 4) is 5.75 Å². The molecule has 2 unspecified atom stereocenters. The van der Waals surface area contributed by atoms with Crippen LogP contribution in [0.25, 0.3) is 0 Å². The van der Waals surface area contributed by atoms with Gasteiger partial charge in [0.25, 0.3) is 0 Å². The van der Waals surface area contributed by atoms with Crippen molar-refractivity contribution in [3.63, 3.8) is 0 Å². The van der Waals surface area contributed by atoms with Crippen molar-refractivity contribution in [2.75, 3.05) is 13.2 Å². The van der Waals surface area contributed by atoms with Crippen LogP contribution in [0.15, 0.2) is 24.3 Å². The molecule has 0 saturated carbocycles. The molecule has 0 bridgehead atoms. The maximum absolute atomic E-state index is 5.99. The molecule has 3 heteroatoms. The van der Waals surface area contributed by atoms with Gasteiger partial charge in [-0.15, -0.1) is 0 Å². The quantitative estimate of drug-likeness (QED) is 0.860. The van der Waals surface area contributed by atoms with E-state index in [1.807, 2.05) is 6.07 Å². The first-order chi connectivity index (χ1) is 9.72. The van der Waals surface area contributed by atoms with Gasteiger partial charge < -0.3 is 14.8 Å². The maximum Gasteiger partial charge on any atom is 0.124 e. The molecular weight excluding hydrogens is 250 g/mol. The van der Waals surface area contributed by atoms with Gasteiger partial charge in [0.05, 0.1) is 18.2 Å². The van der Waals surface area contributed by atoms with Crippen LogP contribution in [-0.4, -0.2) is 25.4 Å². The molecule has 1 saturated heterocycles. The Kier molecular flexibility index (Phi) is 5.86. The van der Waals surface area contributed by atoms with E-state index in [9.17, 15) is 0 Å². The molecule has 2 atom stereocenters. The van der Waals surface area contributed by atoms with Crippen molar-refractivity contribution in [1.29, 1.82) is 0 Å². The van der Waals surface area contributed by atoms with Crippen LogP contribution in [-0.2, 0) is 4.74 Å². The molecule has 1 fully saturated rings. The van der Waals surface area contributed by atoms with Crippen molar-refractivity contribution >= 4 is 0 Å². The second kappa shape index (κ2) is 7.65. The van der Waals surface area contributed by atoms with E-state index in [1.54, 1.807) is 0 Å². The largest absolute Gasteiger partial charge is 0.491 e. The molecule has 0 spiro atoms. The van der Waals surface area contributed by atoms with Gasteiger partial charge in [0.1, 0.15) is 5.75 Å². The highest BCUT2D eigenvalue weighted by Crippen LogP contribution is 2.32. The molecule has 1 aliphatic rings. The number of rotatable bonds is 6. The predicted molar refractivity (Wildman–Crippen MR) is 82.2 cm³/mol. The molecule has 20 heavy (non-hydrogen) atoms. The van der Waals surface area contributed by atoms with Crippen LogP contribution in [0.3, 0.4) is 0 Å². The average molecular weight is 277 g/mol. The molecule has 1 aromatic rings. The van der Waals surface area contributed by atoms with Crippen LogP contribution >= 0.6 is 0 Å². The van der Waals surface area contributed by atoms with E-state index < -0.39 is 0 Å². The van der Waals surface area contributed by atoms with Crippen LogP contribution < -0.4 is 10.1 Å². The molecule has 1 N–H and O–H groups in total. The summed E-state index contributed by atoms with van der Waals surface area (Å²) in [4.78, 5) is 0. The fourth-order valence-corrected chi connectivity index (χ4v) is 2.79. The smallest absolute Gasteiger partial charge is 0.124 e. The first-order valence-corrected chi connectivity index (χ1v) is 7.83. The standard InChI is InChI=1S/C17H27NO2/c1-4-18-17(16-11-7-8-12-19-16)14-9-5-6-10-15(14)20-13(2)3/h5-6,9-10,13,16-18H,4,7-8,11-12H2,1-3H3. The minimum absolute atomic E-state index is 0.186. The lowest BCUT2D eigenvalue weighted by Gasteiger charge is -2.32. The van der Waals surface area contributed by atoms with Crippen LogP contribution in [0.4, 0.5) is 0 Å². The van der Waals surface area contributed by atoms with E-state index in [-0.39, 0.29) is 18.2 Å². The molecule has 0 amide bonds. The summed E-state index contributed by atoms with van der Waals surface area (Å²) >= 11 is 0. The highest BCUT2D eigenvalue weighted by atomic mass is 16.5. The van der Waals surface area contributed by atoms with Crippen molar-refractivity contribution in [2.24, 2.45) is 0 Å². The molecule has 1 aliphatic heterocycles. The normalized spacial score (nSPS) is 20.9. The van der Waals surface area contributed by atoms with Crippen molar-refractivity contribution in [3.05, 3.63) is 29.8 Å². The van der Waals surface area contributed by atoms with Crippen molar-refractivity contribution < 1.29 is 9.47 Å². The van der Waals surface area contributed by atoms with Crippen LogP contribution in [0.2, 0.25) is 0 Å². The zero-order valence-electron chi connectivity index (χ0n) is 12.9. The third-order valence-corrected chi connectivity index (χ3v) is 3.63. The second-order valence-electron chi connectivity index (χ2n) is 5.64. The number of nitrogens with one attached hydrogen (secondary N) is 1. The molecule has 1 heterocycles. The van der Waals surface area contributed by atoms with Gasteiger partial charge in [-0.1, -0.05) is 25.1 Å². The lowest BCUT2D eigenvalue weighted by molar-refractivity contribution is -0.00855. The van der Waals surface area contributed by atoms with Gasteiger partial charge in [0.2, 0.25) is 0 Å². The predicted octanol–water partition coefficient (Wildman–Crippen LogP) is 3.69. The van der Waals surface area contributed by atoms with Crippen LogP contribution in [0.5, 0.6) is 5.75 Å².